The molecule has 0 atom stereocenters. The highest BCUT2D eigenvalue weighted by molar-refractivity contribution is 5.92. The number of piperazine rings is 1. The van der Waals surface area contributed by atoms with Gasteiger partial charge in [-0.3, -0.25) is 43.6 Å². The molecule has 0 aromatic carbocycles. The summed E-state index contributed by atoms with van der Waals surface area (Å²) in [6, 6.07) is 1.03. The van der Waals surface area contributed by atoms with E-state index in [0.29, 0.717) is 58.9 Å². The van der Waals surface area contributed by atoms with Crippen LogP contribution < -0.4 is 10.3 Å². The Balaban J connectivity index is 1.52. The Morgan fingerprint density at radius 2 is 1.03 bits per heavy atom. The van der Waals surface area contributed by atoms with E-state index in [1.165, 1.54) is 10.8 Å². The number of carboxylic acids is 1. The minimum Gasteiger partial charge on any atom is -0.477 e. The van der Waals surface area contributed by atoms with Crippen molar-refractivity contribution in [1.29, 1.82) is 0 Å². The normalized spacial score (nSPS) is 17.6. The number of aryl methyl sites for hydroxylation is 1. The van der Waals surface area contributed by atoms with Crippen molar-refractivity contribution in [3.8, 4) is 0 Å². The number of anilines is 1. The van der Waals surface area contributed by atoms with Crippen molar-refractivity contribution in [2.75, 3.05) is 110 Å². The van der Waals surface area contributed by atoms with Crippen LogP contribution >= 0.6 is 0 Å². The maximum atomic E-state index is 15.5. The zero-order valence-electron chi connectivity index (χ0n) is 38.3. The van der Waals surface area contributed by atoms with Gasteiger partial charge in [0.1, 0.15) is 28.0 Å². The fraction of sp³-hybridized carbons (Fsp3) is 0.698. The molecule has 0 unspecified atom stereocenters. The number of esters is 3. The molecule has 346 valence electrons. The molecule has 1 amide bonds. The van der Waals surface area contributed by atoms with Crippen LogP contribution in [0.15, 0.2) is 17.1 Å². The molecule has 4 rings (SSSR count). The minimum atomic E-state index is -1.41. The van der Waals surface area contributed by atoms with Crippen molar-refractivity contribution in [3.63, 3.8) is 0 Å². The Morgan fingerprint density at radius 3 is 1.39 bits per heavy atom. The summed E-state index contributed by atoms with van der Waals surface area (Å²) in [6.07, 6.45) is 1.21. The summed E-state index contributed by atoms with van der Waals surface area (Å²) in [7, 11) is 0. The SMILES string of the molecule is CCn1cc(C(=O)O)c(=O)c2cc(F)c(N3CCN(C(=O)CN4CCN(CC(=O)OC(C)(C)C)CCN(CC(=O)OC(C)(C)C)CCN(CC(=O)OC(C)(C)C)CC4)CC3)nc21. The number of pyridine rings is 2. The van der Waals surface area contributed by atoms with Gasteiger partial charge >= 0.3 is 23.9 Å². The van der Waals surface area contributed by atoms with Crippen LogP contribution in [0.4, 0.5) is 10.2 Å². The van der Waals surface area contributed by atoms with Crippen molar-refractivity contribution in [2.24, 2.45) is 0 Å². The Hall–Kier alpha value is -4.72. The molecule has 0 radical (unpaired) electrons. The summed E-state index contributed by atoms with van der Waals surface area (Å²) >= 11 is 0. The standard InChI is InChI=1S/C43H67FN8O10/c1-11-50-25-31(40(58)59)37(57)30-24-32(44)39(45-38(30)50)52-22-20-51(21-23-52)33(53)26-46-12-14-47(27-34(54)60-41(2,3)4)16-18-49(29-36(56)62-43(8,9)10)19-17-48(15-13-46)28-35(55)61-42(5,6)7/h24-25H,11-23,26-29H2,1-10H3,(H,58,59). The van der Waals surface area contributed by atoms with Crippen molar-refractivity contribution >= 4 is 46.6 Å². The predicted octanol–water partition coefficient (Wildman–Crippen LogP) is 2.15. The highest BCUT2D eigenvalue weighted by atomic mass is 19.1. The summed E-state index contributed by atoms with van der Waals surface area (Å²) in [5, 5.41) is 9.38. The number of hydrogen-bond donors (Lipinski definition) is 1. The molecule has 2 fully saturated rings. The van der Waals surface area contributed by atoms with Crippen LogP contribution in [0.5, 0.6) is 0 Å². The van der Waals surface area contributed by atoms with Crippen LogP contribution in [0.25, 0.3) is 11.0 Å². The quantitative estimate of drug-likeness (QED) is 0.255. The number of nitrogens with zero attached hydrogens (tertiary/aromatic N) is 8. The second-order valence-corrected chi connectivity index (χ2v) is 18.9. The first-order valence-corrected chi connectivity index (χ1v) is 21.4. The van der Waals surface area contributed by atoms with E-state index in [9.17, 15) is 33.9 Å². The molecule has 2 aromatic heterocycles. The van der Waals surface area contributed by atoms with E-state index in [0.717, 1.165) is 6.07 Å². The number of carboxylic acid groups (broad SMARTS) is 1. The number of aromatic nitrogens is 2. The van der Waals surface area contributed by atoms with E-state index in [1.807, 2.05) is 40.4 Å². The third-order valence-electron chi connectivity index (χ3n) is 10.1. The van der Waals surface area contributed by atoms with Gasteiger partial charge in [0.25, 0.3) is 0 Å². The van der Waals surface area contributed by atoms with Crippen LogP contribution in [0.3, 0.4) is 0 Å². The van der Waals surface area contributed by atoms with E-state index < -0.39 is 51.5 Å². The van der Waals surface area contributed by atoms with Crippen LogP contribution in [0, 0.1) is 5.82 Å². The fourth-order valence-corrected chi connectivity index (χ4v) is 7.23. The highest BCUT2D eigenvalue weighted by Crippen LogP contribution is 2.23. The van der Waals surface area contributed by atoms with Gasteiger partial charge in [-0.1, -0.05) is 0 Å². The number of halogens is 1. The van der Waals surface area contributed by atoms with Crippen LogP contribution in [-0.2, 0) is 39.9 Å². The second kappa shape index (κ2) is 21.1. The summed E-state index contributed by atoms with van der Waals surface area (Å²) in [5.74, 6) is -3.48. The Kier molecular flexibility index (Phi) is 17.0. The van der Waals surface area contributed by atoms with E-state index in [2.05, 4.69) is 4.98 Å². The number of carbonyl (C=O) groups is 5. The summed E-state index contributed by atoms with van der Waals surface area (Å²) in [6.45, 7) is 22.7. The number of carbonyl (C=O) groups excluding carboxylic acids is 4. The van der Waals surface area contributed by atoms with Gasteiger partial charge in [-0.05, 0) is 75.3 Å². The van der Waals surface area contributed by atoms with Gasteiger partial charge in [0, 0.05) is 91.3 Å². The Morgan fingerprint density at radius 1 is 0.645 bits per heavy atom. The summed E-state index contributed by atoms with van der Waals surface area (Å²) < 4.78 is 34.0. The number of ether oxygens (including phenoxy) is 3. The molecular formula is C43H67FN8O10. The van der Waals surface area contributed by atoms with E-state index in [-0.39, 0.29) is 81.1 Å². The molecule has 0 aliphatic carbocycles. The lowest BCUT2D eigenvalue weighted by molar-refractivity contribution is -0.158. The smallest absolute Gasteiger partial charge is 0.341 e. The summed E-state index contributed by atoms with van der Waals surface area (Å²) in [5.41, 5.74) is -3.16. The van der Waals surface area contributed by atoms with E-state index in [1.54, 1.807) is 58.3 Å². The first kappa shape index (κ1) is 49.9. The number of rotatable bonds is 11. The van der Waals surface area contributed by atoms with Crippen molar-refractivity contribution in [2.45, 2.75) is 92.6 Å². The third-order valence-corrected chi connectivity index (χ3v) is 10.1. The second-order valence-electron chi connectivity index (χ2n) is 18.9. The molecule has 4 heterocycles. The third kappa shape index (κ3) is 15.6. The fourth-order valence-electron chi connectivity index (χ4n) is 7.23. The lowest BCUT2D eigenvalue weighted by Gasteiger charge is -2.37. The van der Waals surface area contributed by atoms with Gasteiger partial charge in [-0.15, -0.1) is 0 Å². The average Bonchev–Trinajstić information content (AvgIpc) is 3.13. The number of amides is 1. The molecule has 2 aromatic rings. The van der Waals surface area contributed by atoms with Crippen LogP contribution in [0.1, 0.15) is 79.6 Å². The van der Waals surface area contributed by atoms with Crippen LogP contribution in [-0.4, -0.2) is 190 Å². The predicted molar refractivity (Wildman–Crippen MR) is 231 cm³/mol. The Labute approximate surface area is 363 Å². The maximum absolute atomic E-state index is 15.5. The van der Waals surface area contributed by atoms with Gasteiger partial charge in [-0.2, -0.15) is 0 Å². The van der Waals surface area contributed by atoms with Crippen molar-refractivity contribution < 1.29 is 47.7 Å². The number of fused-ring (bicyclic) bond motifs is 1. The number of aromatic carboxylic acids is 1. The molecule has 0 spiro atoms. The monoisotopic (exact) mass is 874 g/mol. The molecule has 2 aliphatic heterocycles. The first-order valence-electron chi connectivity index (χ1n) is 21.4. The van der Waals surface area contributed by atoms with Gasteiger partial charge in [0.2, 0.25) is 11.3 Å². The number of hydrogen-bond acceptors (Lipinski definition) is 15. The molecule has 19 heteroatoms. The van der Waals surface area contributed by atoms with Crippen LogP contribution in [0.2, 0.25) is 0 Å². The molecule has 2 aliphatic rings. The van der Waals surface area contributed by atoms with E-state index >= 15 is 4.39 Å². The zero-order valence-corrected chi connectivity index (χ0v) is 38.3. The topological polar surface area (TPSA) is 188 Å². The van der Waals surface area contributed by atoms with E-state index in [4.69, 9.17) is 14.2 Å². The molecule has 18 nitrogen and oxygen atoms in total. The van der Waals surface area contributed by atoms with Gasteiger partial charge in [0.15, 0.2) is 11.6 Å². The first-order chi connectivity index (χ1) is 28.8. The van der Waals surface area contributed by atoms with Gasteiger partial charge < -0.3 is 33.7 Å². The lowest BCUT2D eigenvalue weighted by Crippen LogP contribution is -2.53. The molecule has 62 heavy (non-hydrogen) atoms. The van der Waals surface area contributed by atoms with Gasteiger partial charge in [-0.25, -0.2) is 14.2 Å². The molecule has 2 saturated heterocycles. The lowest BCUT2D eigenvalue weighted by atomic mass is 10.2. The van der Waals surface area contributed by atoms with Gasteiger partial charge in [0.05, 0.1) is 31.6 Å². The van der Waals surface area contributed by atoms with Crippen molar-refractivity contribution in [1.82, 2.24) is 34.1 Å². The summed E-state index contributed by atoms with van der Waals surface area (Å²) in [4.78, 5) is 93.4. The highest BCUT2D eigenvalue weighted by Gasteiger charge is 2.29. The largest absolute Gasteiger partial charge is 0.477 e. The maximum Gasteiger partial charge on any atom is 0.341 e. The molecule has 0 saturated carbocycles. The Bertz CT molecular complexity index is 1940. The molecule has 0 bridgehead atoms. The molecular weight excluding hydrogens is 808 g/mol. The molecule has 1 N–H and O–H groups in total. The minimum absolute atomic E-state index is 0.000532. The average molecular weight is 875 g/mol. The van der Waals surface area contributed by atoms with Crippen molar-refractivity contribution in [3.05, 3.63) is 33.9 Å². The zero-order chi connectivity index (χ0) is 46.2.